The topological polar surface area (TPSA) is 111 Å². The Morgan fingerprint density at radius 3 is 1.80 bits per heavy atom. The molecule has 0 fully saturated rings. The van der Waals surface area contributed by atoms with E-state index in [0.29, 0.717) is 10.0 Å². The van der Waals surface area contributed by atoms with Crippen molar-refractivity contribution in [3.8, 4) is 11.1 Å². The Kier molecular flexibility index (Phi) is 11.5. The van der Waals surface area contributed by atoms with Gasteiger partial charge in [-0.3, -0.25) is 9.63 Å². The number of benzene rings is 4. The van der Waals surface area contributed by atoms with Crippen LogP contribution in [0.3, 0.4) is 0 Å². The number of hydrogen-bond donors (Lipinski definition) is 1. The molecule has 0 saturated carbocycles. The lowest BCUT2D eigenvalue weighted by Crippen LogP contribution is -2.48. The summed E-state index contributed by atoms with van der Waals surface area (Å²) in [5.74, 6) is -0.820. The SMILES string of the molecule is CC(C)(C)OC(=O)[C@@H](CCNC(=O)OCc1ccccc1)N(OCc1ccccc1)S(=O)(=O)c1ccc(-c2ccccc2)cc1. The van der Waals surface area contributed by atoms with Gasteiger partial charge in [-0.15, -0.1) is 0 Å². The van der Waals surface area contributed by atoms with E-state index in [1.807, 2.05) is 66.7 Å². The fraction of sp³-hybridized carbons (Fsp3) is 0.257. The molecule has 1 atom stereocenters. The number of ether oxygens (including phenoxy) is 2. The summed E-state index contributed by atoms with van der Waals surface area (Å²) in [6.45, 7) is 4.90. The minimum atomic E-state index is -4.40. The summed E-state index contributed by atoms with van der Waals surface area (Å²) in [7, 11) is -4.40. The number of carbonyl (C=O) groups excluding carboxylic acids is 2. The first-order valence-corrected chi connectivity index (χ1v) is 16.0. The fourth-order valence-corrected chi connectivity index (χ4v) is 5.76. The summed E-state index contributed by atoms with van der Waals surface area (Å²) >= 11 is 0. The number of esters is 1. The maximum Gasteiger partial charge on any atom is 0.407 e. The van der Waals surface area contributed by atoms with Gasteiger partial charge < -0.3 is 14.8 Å². The van der Waals surface area contributed by atoms with Gasteiger partial charge in [-0.2, -0.15) is 0 Å². The Morgan fingerprint density at radius 1 is 0.733 bits per heavy atom. The van der Waals surface area contributed by atoms with Crippen LogP contribution in [0.25, 0.3) is 11.1 Å². The van der Waals surface area contributed by atoms with Gasteiger partial charge in [-0.25, -0.2) is 13.2 Å². The van der Waals surface area contributed by atoms with E-state index in [2.05, 4.69) is 5.32 Å². The predicted octanol–water partition coefficient (Wildman–Crippen LogP) is 6.50. The number of nitrogens with one attached hydrogen (secondary N) is 1. The molecule has 0 bridgehead atoms. The second-order valence-corrected chi connectivity index (χ2v) is 13.0. The second-order valence-electron chi connectivity index (χ2n) is 11.2. The Morgan fingerprint density at radius 2 is 1.24 bits per heavy atom. The van der Waals surface area contributed by atoms with Crippen LogP contribution in [0, 0.1) is 0 Å². The minimum Gasteiger partial charge on any atom is -0.459 e. The highest BCUT2D eigenvalue weighted by molar-refractivity contribution is 7.89. The maximum atomic E-state index is 14.2. The number of nitrogens with zero attached hydrogens (tertiary/aromatic N) is 1. The summed E-state index contributed by atoms with van der Waals surface area (Å²) in [5, 5.41) is 2.60. The molecule has 45 heavy (non-hydrogen) atoms. The van der Waals surface area contributed by atoms with E-state index in [-0.39, 0.29) is 31.1 Å². The van der Waals surface area contributed by atoms with Gasteiger partial charge >= 0.3 is 12.1 Å². The Bertz CT molecular complexity index is 1620. The number of sulfonamides is 1. The molecule has 4 aromatic carbocycles. The molecule has 0 heterocycles. The summed E-state index contributed by atoms with van der Waals surface area (Å²) in [6.07, 6.45) is -0.858. The molecular formula is C35H38N2O7S. The summed E-state index contributed by atoms with van der Waals surface area (Å²) in [5.41, 5.74) is 2.35. The molecule has 1 N–H and O–H groups in total. The van der Waals surface area contributed by atoms with Crippen molar-refractivity contribution in [2.45, 2.75) is 56.9 Å². The number of carbonyl (C=O) groups is 2. The van der Waals surface area contributed by atoms with Crippen molar-refractivity contribution in [1.29, 1.82) is 0 Å². The van der Waals surface area contributed by atoms with Crippen LogP contribution in [0.2, 0.25) is 0 Å². The molecule has 4 rings (SSSR count). The van der Waals surface area contributed by atoms with Crippen LogP contribution in [0.4, 0.5) is 4.79 Å². The molecule has 1 amide bonds. The molecule has 9 nitrogen and oxygen atoms in total. The molecule has 236 valence electrons. The highest BCUT2D eigenvalue weighted by Crippen LogP contribution is 2.27. The lowest BCUT2D eigenvalue weighted by molar-refractivity contribution is -0.180. The normalized spacial score (nSPS) is 12.4. The molecule has 4 aromatic rings. The molecular weight excluding hydrogens is 592 g/mol. The van der Waals surface area contributed by atoms with E-state index in [9.17, 15) is 18.0 Å². The average molecular weight is 631 g/mol. The second kappa shape index (κ2) is 15.5. The lowest BCUT2D eigenvalue weighted by atomic mass is 10.1. The summed E-state index contributed by atoms with van der Waals surface area (Å²) in [4.78, 5) is 31.8. The highest BCUT2D eigenvalue weighted by atomic mass is 32.2. The van der Waals surface area contributed by atoms with Crippen LogP contribution < -0.4 is 5.32 Å². The number of hydrogen-bond acceptors (Lipinski definition) is 7. The average Bonchev–Trinajstić information content (AvgIpc) is 3.03. The Hall–Kier alpha value is -4.51. The van der Waals surface area contributed by atoms with Crippen LogP contribution >= 0.6 is 0 Å². The van der Waals surface area contributed by atoms with Gasteiger partial charge in [0.15, 0.2) is 6.04 Å². The molecule has 0 aliphatic rings. The van der Waals surface area contributed by atoms with E-state index in [0.717, 1.165) is 16.7 Å². The molecule has 10 heteroatoms. The third-order valence-corrected chi connectivity index (χ3v) is 8.23. The maximum absolute atomic E-state index is 14.2. The van der Waals surface area contributed by atoms with Gasteiger partial charge in [0.05, 0.1) is 11.5 Å². The third-order valence-electron chi connectivity index (χ3n) is 6.53. The first-order chi connectivity index (χ1) is 21.5. The monoisotopic (exact) mass is 630 g/mol. The van der Waals surface area contributed by atoms with Crippen molar-refractivity contribution in [1.82, 2.24) is 9.79 Å². The van der Waals surface area contributed by atoms with Crippen LogP contribution in [0.5, 0.6) is 0 Å². The first-order valence-electron chi connectivity index (χ1n) is 14.6. The summed E-state index contributed by atoms with van der Waals surface area (Å²) in [6, 6.07) is 32.6. The third kappa shape index (κ3) is 10.0. The van der Waals surface area contributed by atoms with Gasteiger partial charge in [-0.05, 0) is 61.6 Å². The lowest BCUT2D eigenvalue weighted by Gasteiger charge is -2.31. The van der Waals surface area contributed by atoms with Crippen molar-refractivity contribution in [3.63, 3.8) is 0 Å². The van der Waals surface area contributed by atoms with Crippen LogP contribution in [0.1, 0.15) is 38.3 Å². The van der Waals surface area contributed by atoms with E-state index in [1.54, 1.807) is 57.2 Å². The van der Waals surface area contributed by atoms with Crippen LogP contribution in [-0.2, 0) is 42.3 Å². The van der Waals surface area contributed by atoms with Crippen molar-refractivity contribution in [2.24, 2.45) is 0 Å². The zero-order valence-electron chi connectivity index (χ0n) is 25.6. The van der Waals surface area contributed by atoms with Gasteiger partial charge in [-0.1, -0.05) is 108 Å². The zero-order valence-corrected chi connectivity index (χ0v) is 26.4. The predicted molar refractivity (Wildman–Crippen MR) is 171 cm³/mol. The molecule has 0 spiro atoms. The Labute approximate surface area is 264 Å². The number of hydroxylamine groups is 1. The van der Waals surface area contributed by atoms with E-state index in [4.69, 9.17) is 14.3 Å². The number of alkyl carbamates (subject to hydrolysis) is 1. The molecule has 0 unspecified atom stereocenters. The van der Waals surface area contributed by atoms with Crippen molar-refractivity contribution in [3.05, 3.63) is 126 Å². The smallest absolute Gasteiger partial charge is 0.407 e. The highest BCUT2D eigenvalue weighted by Gasteiger charge is 2.40. The van der Waals surface area contributed by atoms with Crippen molar-refractivity contribution >= 4 is 22.1 Å². The van der Waals surface area contributed by atoms with Gasteiger partial charge in [0.2, 0.25) is 0 Å². The molecule has 0 saturated heterocycles. The van der Waals surface area contributed by atoms with Crippen molar-refractivity contribution in [2.75, 3.05) is 6.54 Å². The van der Waals surface area contributed by atoms with Crippen LogP contribution in [0.15, 0.2) is 120 Å². The largest absolute Gasteiger partial charge is 0.459 e. The molecule has 0 radical (unpaired) electrons. The van der Waals surface area contributed by atoms with Crippen LogP contribution in [-0.4, -0.2) is 43.1 Å². The Balaban J connectivity index is 1.59. The minimum absolute atomic E-state index is 0.0574. The van der Waals surface area contributed by atoms with E-state index < -0.39 is 33.7 Å². The standard InChI is InChI=1S/C35H38N2O7S/c1-35(2,3)44-33(38)32(23-24-36-34(39)42-25-27-13-7-4-8-14-27)37(43-26-28-15-9-5-10-16-28)45(40,41)31-21-19-30(20-22-31)29-17-11-6-12-18-29/h4-22,32H,23-26H2,1-3H3,(H,36,39)/t32-/m1/s1. The molecule has 0 aliphatic carbocycles. The van der Waals surface area contributed by atoms with Gasteiger partial charge in [0.1, 0.15) is 12.2 Å². The van der Waals surface area contributed by atoms with Gasteiger partial charge in [0.25, 0.3) is 10.0 Å². The number of rotatable bonds is 13. The number of amides is 1. The van der Waals surface area contributed by atoms with E-state index >= 15 is 0 Å². The quantitative estimate of drug-likeness (QED) is 0.133. The fourth-order valence-electron chi connectivity index (χ4n) is 4.36. The zero-order chi connectivity index (χ0) is 32.3. The van der Waals surface area contributed by atoms with E-state index in [1.165, 1.54) is 12.1 Å². The van der Waals surface area contributed by atoms with Gasteiger partial charge in [0, 0.05) is 6.54 Å². The molecule has 0 aromatic heterocycles. The van der Waals surface area contributed by atoms with Crippen molar-refractivity contribution < 1.29 is 32.3 Å². The molecule has 0 aliphatic heterocycles. The summed E-state index contributed by atoms with van der Waals surface area (Å²) < 4.78 is 39.9. The first kappa shape index (κ1) is 33.4.